The van der Waals surface area contributed by atoms with Gasteiger partial charge in [-0.25, -0.2) is 0 Å². The largest absolute Gasteiger partial charge is 0.378 e. The molecule has 0 aromatic heterocycles. The van der Waals surface area contributed by atoms with Gasteiger partial charge in [0.05, 0.1) is 18.6 Å². The number of nitrogens with one attached hydrogen (secondary N) is 1. The van der Waals surface area contributed by atoms with Crippen molar-refractivity contribution in [3.05, 3.63) is 0 Å². The molecule has 7 heteroatoms. The molecular weight excluding hydrogens is 294 g/mol. The molecule has 1 heterocycles. The molecule has 0 bridgehead atoms. The van der Waals surface area contributed by atoms with Crippen molar-refractivity contribution in [2.75, 3.05) is 39.4 Å². The van der Waals surface area contributed by atoms with Crippen LogP contribution in [0.1, 0.15) is 33.1 Å². The first-order chi connectivity index (χ1) is 9.59. The van der Waals surface area contributed by atoms with E-state index < -0.39 is 5.41 Å². The summed E-state index contributed by atoms with van der Waals surface area (Å²) in [6.07, 6.45) is 1.76. The minimum Gasteiger partial charge on any atom is -0.378 e. The molecule has 0 atom stereocenters. The maximum absolute atomic E-state index is 12.2. The number of carbonyl (C=O) groups is 2. The van der Waals surface area contributed by atoms with E-state index in [0.717, 1.165) is 0 Å². The van der Waals surface area contributed by atoms with E-state index in [1.54, 1.807) is 4.90 Å². The van der Waals surface area contributed by atoms with Crippen LogP contribution in [0.25, 0.3) is 0 Å². The molecule has 0 unspecified atom stereocenters. The minimum absolute atomic E-state index is 0. The molecule has 1 rings (SSSR count). The van der Waals surface area contributed by atoms with E-state index in [9.17, 15) is 9.59 Å². The first kappa shape index (κ1) is 20.1. The number of hydrogen-bond acceptors (Lipinski definition) is 4. The predicted octanol–water partition coefficient (Wildman–Crippen LogP) is 0.538. The second-order valence-corrected chi connectivity index (χ2v) is 5.19. The molecule has 0 aromatic carbocycles. The van der Waals surface area contributed by atoms with Crippen LogP contribution in [0.5, 0.6) is 0 Å². The Hall–Kier alpha value is -0.850. The Kier molecular flexibility index (Phi) is 9.57. The van der Waals surface area contributed by atoms with E-state index in [2.05, 4.69) is 5.32 Å². The minimum atomic E-state index is -0.498. The van der Waals surface area contributed by atoms with E-state index in [4.69, 9.17) is 10.5 Å². The Morgan fingerprint density at radius 2 is 1.81 bits per heavy atom. The van der Waals surface area contributed by atoms with Gasteiger partial charge in [0.1, 0.15) is 0 Å². The number of morpholine rings is 1. The van der Waals surface area contributed by atoms with Gasteiger partial charge in [0.2, 0.25) is 11.8 Å². The topological polar surface area (TPSA) is 84.7 Å². The maximum atomic E-state index is 12.2. The van der Waals surface area contributed by atoms with Crippen LogP contribution in [0.15, 0.2) is 0 Å². The molecule has 21 heavy (non-hydrogen) atoms. The van der Waals surface area contributed by atoms with Gasteiger partial charge in [-0.1, -0.05) is 13.8 Å². The van der Waals surface area contributed by atoms with Gasteiger partial charge in [0.25, 0.3) is 0 Å². The fourth-order valence-electron chi connectivity index (χ4n) is 2.39. The number of rotatable bonds is 7. The van der Waals surface area contributed by atoms with Gasteiger partial charge in [-0.2, -0.15) is 0 Å². The zero-order chi connectivity index (χ0) is 15.0. The van der Waals surface area contributed by atoms with Crippen molar-refractivity contribution in [3.63, 3.8) is 0 Å². The Bertz CT molecular complexity index is 321. The molecule has 0 saturated carbocycles. The number of amides is 2. The summed E-state index contributed by atoms with van der Waals surface area (Å²) >= 11 is 0. The summed E-state index contributed by atoms with van der Waals surface area (Å²) in [5.41, 5.74) is 5.23. The number of carbonyl (C=O) groups excluding carboxylic acids is 2. The summed E-state index contributed by atoms with van der Waals surface area (Å²) in [5.74, 6) is 0.0275. The van der Waals surface area contributed by atoms with Crippen molar-refractivity contribution in [1.82, 2.24) is 10.2 Å². The molecule has 2 amide bonds. The quantitative estimate of drug-likeness (QED) is 0.716. The lowest BCUT2D eigenvalue weighted by Crippen LogP contribution is -2.47. The fraction of sp³-hybridized carbons (Fsp3) is 0.857. The number of nitrogens with zero attached hydrogens (tertiary/aromatic N) is 1. The van der Waals surface area contributed by atoms with Crippen LogP contribution in [-0.4, -0.2) is 56.1 Å². The Balaban J connectivity index is 0.00000400. The van der Waals surface area contributed by atoms with Gasteiger partial charge in [0.15, 0.2) is 0 Å². The van der Waals surface area contributed by atoms with E-state index in [-0.39, 0.29) is 24.2 Å². The van der Waals surface area contributed by atoms with Crippen molar-refractivity contribution in [1.29, 1.82) is 0 Å². The molecule has 6 nitrogen and oxygen atoms in total. The van der Waals surface area contributed by atoms with Crippen LogP contribution in [0.2, 0.25) is 0 Å². The van der Waals surface area contributed by atoms with Gasteiger partial charge in [-0.3, -0.25) is 9.59 Å². The molecular formula is C14H28ClN3O3. The second-order valence-electron chi connectivity index (χ2n) is 5.19. The zero-order valence-corrected chi connectivity index (χ0v) is 13.8. The van der Waals surface area contributed by atoms with Crippen LogP contribution < -0.4 is 11.1 Å². The summed E-state index contributed by atoms with van der Waals surface area (Å²) in [5, 5.41) is 2.85. The Morgan fingerprint density at radius 1 is 1.24 bits per heavy atom. The first-order valence-electron chi connectivity index (χ1n) is 7.43. The standard InChI is InChI=1S/C14H27N3O3.ClH/c1-3-14(4-2,11-15)13(19)16-6-5-12(18)17-7-9-20-10-8-17;/h3-11,15H2,1-2H3,(H,16,19);1H. The molecule has 0 aromatic rings. The van der Waals surface area contributed by atoms with Gasteiger partial charge >= 0.3 is 0 Å². The molecule has 1 fully saturated rings. The molecule has 124 valence electrons. The lowest BCUT2D eigenvalue weighted by molar-refractivity contribution is -0.135. The molecule has 3 N–H and O–H groups in total. The lowest BCUT2D eigenvalue weighted by atomic mass is 9.81. The third kappa shape index (κ3) is 5.45. The van der Waals surface area contributed by atoms with Crippen molar-refractivity contribution < 1.29 is 14.3 Å². The number of hydrogen-bond donors (Lipinski definition) is 2. The van der Waals surface area contributed by atoms with Crippen LogP contribution in [0, 0.1) is 5.41 Å². The van der Waals surface area contributed by atoms with E-state index in [1.807, 2.05) is 13.8 Å². The van der Waals surface area contributed by atoms with Crippen molar-refractivity contribution in [2.45, 2.75) is 33.1 Å². The lowest BCUT2D eigenvalue weighted by Gasteiger charge is -2.29. The maximum Gasteiger partial charge on any atom is 0.227 e. The second kappa shape index (κ2) is 9.97. The van der Waals surface area contributed by atoms with E-state index in [0.29, 0.717) is 58.7 Å². The monoisotopic (exact) mass is 321 g/mol. The van der Waals surface area contributed by atoms with Crippen molar-refractivity contribution >= 4 is 24.2 Å². The van der Waals surface area contributed by atoms with Crippen molar-refractivity contribution in [2.24, 2.45) is 11.1 Å². The van der Waals surface area contributed by atoms with Gasteiger partial charge < -0.3 is 20.7 Å². The van der Waals surface area contributed by atoms with E-state index in [1.165, 1.54) is 0 Å². The number of halogens is 1. The third-order valence-electron chi connectivity index (χ3n) is 4.21. The average Bonchev–Trinajstić information content (AvgIpc) is 2.50. The summed E-state index contributed by atoms with van der Waals surface area (Å²) in [6, 6.07) is 0. The molecule has 1 aliphatic heterocycles. The van der Waals surface area contributed by atoms with Crippen LogP contribution >= 0.6 is 12.4 Å². The number of nitrogens with two attached hydrogens (primary N) is 1. The molecule has 1 aliphatic rings. The number of ether oxygens (including phenoxy) is 1. The fourth-order valence-corrected chi connectivity index (χ4v) is 2.39. The van der Waals surface area contributed by atoms with Crippen LogP contribution in [0.4, 0.5) is 0 Å². The molecule has 1 saturated heterocycles. The first-order valence-corrected chi connectivity index (χ1v) is 7.43. The highest BCUT2D eigenvalue weighted by atomic mass is 35.5. The summed E-state index contributed by atoms with van der Waals surface area (Å²) in [7, 11) is 0. The van der Waals surface area contributed by atoms with Crippen LogP contribution in [0.3, 0.4) is 0 Å². The van der Waals surface area contributed by atoms with Gasteiger partial charge in [0, 0.05) is 32.6 Å². The molecule has 0 radical (unpaired) electrons. The Morgan fingerprint density at radius 3 is 2.29 bits per heavy atom. The van der Waals surface area contributed by atoms with Crippen LogP contribution in [-0.2, 0) is 14.3 Å². The third-order valence-corrected chi connectivity index (χ3v) is 4.21. The molecule has 0 aliphatic carbocycles. The normalized spacial score (nSPS) is 15.3. The summed E-state index contributed by atoms with van der Waals surface area (Å²) in [6.45, 7) is 7.12. The highest BCUT2D eigenvalue weighted by Gasteiger charge is 2.33. The predicted molar refractivity (Wildman–Crippen MR) is 84.3 cm³/mol. The average molecular weight is 322 g/mol. The van der Waals surface area contributed by atoms with E-state index >= 15 is 0 Å². The van der Waals surface area contributed by atoms with Crippen molar-refractivity contribution in [3.8, 4) is 0 Å². The highest BCUT2D eigenvalue weighted by molar-refractivity contribution is 5.85. The van der Waals surface area contributed by atoms with Gasteiger partial charge in [-0.05, 0) is 12.8 Å². The summed E-state index contributed by atoms with van der Waals surface area (Å²) in [4.78, 5) is 25.9. The highest BCUT2D eigenvalue weighted by Crippen LogP contribution is 2.24. The molecule has 0 spiro atoms. The van der Waals surface area contributed by atoms with Gasteiger partial charge in [-0.15, -0.1) is 12.4 Å². The smallest absolute Gasteiger partial charge is 0.227 e. The SMILES string of the molecule is CCC(CC)(CN)C(=O)NCCC(=O)N1CCOCC1.Cl. The summed E-state index contributed by atoms with van der Waals surface area (Å²) < 4.78 is 5.20. The zero-order valence-electron chi connectivity index (χ0n) is 13.0. The Labute approximate surface area is 133 Å².